The number of carbonyl (C=O) groups is 2. The lowest BCUT2D eigenvalue weighted by Crippen LogP contribution is -2.41. The quantitative estimate of drug-likeness (QED) is 0.697. The van der Waals surface area contributed by atoms with Crippen LogP contribution in [0.25, 0.3) is 0 Å². The molecule has 0 saturated carbocycles. The minimum Gasteiger partial charge on any atom is -0.479 e. The van der Waals surface area contributed by atoms with E-state index in [4.69, 9.17) is 10.2 Å². The number of hydrogen-bond donors (Lipinski definition) is 3. The Morgan fingerprint density at radius 1 is 1.37 bits per heavy atom. The van der Waals surface area contributed by atoms with Crippen LogP contribution in [-0.4, -0.2) is 52.9 Å². The van der Waals surface area contributed by atoms with E-state index < -0.39 is 12.1 Å². The molecule has 19 heavy (non-hydrogen) atoms. The molecule has 2 atom stereocenters. The van der Waals surface area contributed by atoms with Gasteiger partial charge in [0.2, 0.25) is 0 Å². The van der Waals surface area contributed by atoms with E-state index in [1.807, 2.05) is 0 Å². The highest BCUT2D eigenvalue weighted by atomic mass is 16.4. The maximum atomic E-state index is 11.9. The van der Waals surface area contributed by atoms with Crippen molar-refractivity contribution in [2.24, 2.45) is 5.92 Å². The van der Waals surface area contributed by atoms with Gasteiger partial charge in [-0.05, 0) is 25.2 Å². The molecule has 1 saturated heterocycles. The Balaban J connectivity index is 2.27. The van der Waals surface area contributed by atoms with Gasteiger partial charge in [-0.3, -0.25) is 0 Å². The molecule has 2 unspecified atom stereocenters. The van der Waals surface area contributed by atoms with Gasteiger partial charge in [0.1, 0.15) is 0 Å². The van der Waals surface area contributed by atoms with E-state index >= 15 is 0 Å². The third kappa shape index (κ3) is 5.46. The fourth-order valence-corrected chi connectivity index (χ4v) is 2.33. The Hall–Kier alpha value is -1.30. The van der Waals surface area contributed by atoms with Crippen LogP contribution in [0.1, 0.15) is 39.0 Å². The number of carboxylic acids is 1. The van der Waals surface area contributed by atoms with Crippen molar-refractivity contribution >= 4 is 12.0 Å². The van der Waals surface area contributed by atoms with Crippen LogP contribution in [0, 0.1) is 5.92 Å². The third-order valence-corrected chi connectivity index (χ3v) is 3.69. The number of aliphatic hydroxyl groups excluding tert-OH is 1. The number of amides is 2. The molecule has 6 heteroatoms. The van der Waals surface area contributed by atoms with E-state index in [1.165, 1.54) is 0 Å². The van der Waals surface area contributed by atoms with Gasteiger partial charge in [-0.2, -0.15) is 0 Å². The van der Waals surface area contributed by atoms with Gasteiger partial charge in [-0.25, -0.2) is 9.59 Å². The van der Waals surface area contributed by atoms with Gasteiger partial charge in [0.25, 0.3) is 0 Å². The predicted octanol–water partition coefficient (Wildman–Crippen LogP) is 1.04. The van der Waals surface area contributed by atoms with Crippen LogP contribution in [0.2, 0.25) is 0 Å². The zero-order valence-corrected chi connectivity index (χ0v) is 11.5. The largest absolute Gasteiger partial charge is 0.479 e. The Morgan fingerprint density at radius 2 is 2.11 bits per heavy atom. The number of carbonyl (C=O) groups excluding carboxylic acids is 1. The molecule has 0 spiro atoms. The first-order chi connectivity index (χ1) is 9.04. The summed E-state index contributed by atoms with van der Waals surface area (Å²) in [6, 6.07) is -0.158. The minimum absolute atomic E-state index is 0.0342. The molecule has 1 aliphatic heterocycles. The number of nitrogens with zero attached hydrogens (tertiary/aromatic N) is 1. The monoisotopic (exact) mass is 272 g/mol. The first-order valence-corrected chi connectivity index (χ1v) is 6.98. The standard InChI is InChI=1S/C13H24N2O4/c1-2-10-4-3-8-15(9-6-10)13(19)14-7-5-11(16)12(17)18/h10-11,16H,2-9H2,1H3,(H,14,19)(H,17,18). The number of urea groups is 1. The summed E-state index contributed by atoms with van der Waals surface area (Å²) >= 11 is 0. The highest BCUT2D eigenvalue weighted by Gasteiger charge is 2.20. The molecule has 0 aromatic carbocycles. The van der Waals surface area contributed by atoms with Gasteiger partial charge in [-0.15, -0.1) is 0 Å². The molecule has 1 fully saturated rings. The number of hydrogen-bond acceptors (Lipinski definition) is 3. The number of aliphatic carboxylic acids is 1. The molecular weight excluding hydrogens is 248 g/mol. The number of rotatable bonds is 5. The topological polar surface area (TPSA) is 89.9 Å². The average Bonchev–Trinajstić information content (AvgIpc) is 2.63. The number of aliphatic hydroxyl groups is 1. The SMILES string of the molecule is CCC1CCCN(C(=O)NCCC(O)C(=O)O)CC1. The van der Waals surface area contributed by atoms with Crippen molar-refractivity contribution in [2.75, 3.05) is 19.6 Å². The molecule has 1 heterocycles. The number of nitrogens with one attached hydrogen (secondary N) is 1. The third-order valence-electron chi connectivity index (χ3n) is 3.69. The fraction of sp³-hybridized carbons (Fsp3) is 0.846. The van der Waals surface area contributed by atoms with Gasteiger partial charge in [0.15, 0.2) is 6.10 Å². The lowest BCUT2D eigenvalue weighted by Gasteiger charge is -2.21. The van der Waals surface area contributed by atoms with E-state index in [0.29, 0.717) is 5.92 Å². The normalized spacial score (nSPS) is 21.6. The lowest BCUT2D eigenvalue weighted by atomic mass is 9.98. The van der Waals surface area contributed by atoms with Crippen molar-refractivity contribution in [3.63, 3.8) is 0 Å². The lowest BCUT2D eigenvalue weighted by molar-refractivity contribution is -0.146. The smallest absolute Gasteiger partial charge is 0.332 e. The Kier molecular flexibility index (Phi) is 6.62. The van der Waals surface area contributed by atoms with Crippen LogP contribution in [0.15, 0.2) is 0 Å². The van der Waals surface area contributed by atoms with Gasteiger partial charge in [0.05, 0.1) is 0 Å². The molecule has 0 aromatic heterocycles. The van der Waals surface area contributed by atoms with Crippen LogP contribution in [-0.2, 0) is 4.79 Å². The summed E-state index contributed by atoms with van der Waals surface area (Å²) < 4.78 is 0. The predicted molar refractivity (Wildman–Crippen MR) is 70.9 cm³/mol. The Bertz CT molecular complexity index is 309. The molecule has 1 rings (SSSR count). The van der Waals surface area contributed by atoms with E-state index in [0.717, 1.165) is 38.8 Å². The van der Waals surface area contributed by atoms with E-state index in [1.54, 1.807) is 4.90 Å². The van der Waals surface area contributed by atoms with Crippen LogP contribution in [0.3, 0.4) is 0 Å². The first kappa shape index (κ1) is 15.8. The van der Waals surface area contributed by atoms with E-state index in [9.17, 15) is 9.59 Å². The van der Waals surface area contributed by atoms with Gasteiger partial charge in [0, 0.05) is 26.1 Å². The second-order valence-corrected chi connectivity index (χ2v) is 5.07. The van der Waals surface area contributed by atoms with Crippen LogP contribution in [0.5, 0.6) is 0 Å². The van der Waals surface area contributed by atoms with E-state index in [-0.39, 0.29) is 19.0 Å². The summed E-state index contributed by atoms with van der Waals surface area (Å²) in [6.45, 7) is 3.86. The molecular formula is C13H24N2O4. The van der Waals surface area contributed by atoms with Crippen molar-refractivity contribution in [1.29, 1.82) is 0 Å². The molecule has 2 amide bonds. The average molecular weight is 272 g/mol. The zero-order chi connectivity index (χ0) is 14.3. The summed E-state index contributed by atoms with van der Waals surface area (Å²) in [7, 11) is 0. The molecule has 3 N–H and O–H groups in total. The van der Waals surface area contributed by atoms with Crippen LogP contribution in [0.4, 0.5) is 4.79 Å². The van der Waals surface area contributed by atoms with E-state index in [2.05, 4.69) is 12.2 Å². The summed E-state index contributed by atoms with van der Waals surface area (Å²) in [5.74, 6) is -0.554. The van der Waals surface area contributed by atoms with Crippen molar-refractivity contribution in [2.45, 2.75) is 45.1 Å². The highest BCUT2D eigenvalue weighted by Crippen LogP contribution is 2.20. The molecule has 1 aliphatic rings. The number of likely N-dealkylation sites (tertiary alicyclic amines) is 1. The maximum Gasteiger partial charge on any atom is 0.332 e. The Morgan fingerprint density at radius 3 is 2.74 bits per heavy atom. The molecule has 0 bridgehead atoms. The first-order valence-electron chi connectivity index (χ1n) is 6.98. The molecule has 6 nitrogen and oxygen atoms in total. The molecule has 110 valence electrons. The second kappa shape index (κ2) is 7.99. The van der Waals surface area contributed by atoms with Crippen LogP contribution < -0.4 is 5.32 Å². The zero-order valence-electron chi connectivity index (χ0n) is 11.5. The molecule has 0 aliphatic carbocycles. The van der Waals surface area contributed by atoms with Gasteiger partial charge in [-0.1, -0.05) is 13.3 Å². The second-order valence-electron chi connectivity index (χ2n) is 5.07. The van der Waals surface area contributed by atoms with Crippen molar-refractivity contribution in [3.05, 3.63) is 0 Å². The van der Waals surface area contributed by atoms with Crippen molar-refractivity contribution < 1.29 is 19.8 Å². The molecule has 0 aromatic rings. The summed E-state index contributed by atoms with van der Waals surface area (Å²) in [5.41, 5.74) is 0. The van der Waals surface area contributed by atoms with Gasteiger partial charge >= 0.3 is 12.0 Å². The highest BCUT2D eigenvalue weighted by molar-refractivity contribution is 5.74. The van der Waals surface area contributed by atoms with Crippen molar-refractivity contribution in [1.82, 2.24) is 10.2 Å². The Labute approximate surface area is 113 Å². The summed E-state index contributed by atoms with van der Waals surface area (Å²) in [4.78, 5) is 24.1. The number of carboxylic acid groups (broad SMARTS) is 1. The van der Waals surface area contributed by atoms with Crippen LogP contribution >= 0.6 is 0 Å². The fourth-order valence-electron chi connectivity index (χ4n) is 2.33. The molecule has 0 radical (unpaired) electrons. The summed E-state index contributed by atoms with van der Waals surface area (Å²) in [5, 5.41) is 20.3. The summed E-state index contributed by atoms with van der Waals surface area (Å²) in [6.07, 6.45) is 2.99. The minimum atomic E-state index is -1.41. The van der Waals surface area contributed by atoms with Crippen molar-refractivity contribution in [3.8, 4) is 0 Å². The van der Waals surface area contributed by atoms with Gasteiger partial charge < -0.3 is 20.4 Å². The maximum absolute atomic E-state index is 11.9.